The molecule has 0 aliphatic heterocycles. The lowest BCUT2D eigenvalue weighted by Crippen LogP contribution is -2.18. The molecule has 1 aromatic heterocycles. The zero-order valence-electron chi connectivity index (χ0n) is 11.3. The lowest BCUT2D eigenvalue weighted by molar-refractivity contribution is -0.121. The molecule has 1 aromatic rings. The molecule has 6 nitrogen and oxygen atoms in total. The normalized spacial score (nSPS) is 12.1. The Kier molecular flexibility index (Phi) is 4.37. The Morgan fingerprint density at radius 3 is 2.21 bits per heavy atom. The quantitative estimate of drug-likeness (QED) is 0.508. The van der Waals surface area contributed by atoms with Gasteiger partial charge in [0.2, 0.25) is 0 Å². The van der Waals surface area contributed by atoms with Crippen LogP contribution >= 0.6 is 0 Å². The van der Waals surface area contributed by atoms with Gasteiger partial charge in [0.1, 0.15) is 11.5 Å². The van der Waals surface area contributed by atoms with Gasteiger partial charge in [0.15, 0.2) is 11.5 Å². The third-order valence-electron chi connectivity index (χ3n) is 2.33. The summed E-state index contributed by atoms with van der Waals surface area (Å²) < 4.78 is 4.53. The van der Waals surface area contributed by atoms with E-state index in [1.54, 1.807) is 20.8 Å². The van der Waals surface area contributed by atoms with Crippen LogP contribution in [0.2, 0.25) is 0 Å². The van der Waals surface area contributed by atoms with Gasteiger partial charge in [-0.15, -0.1) is 0 Å². The highest BCUT2D eigenvalue weighted by Crippen LogP contribution is 2.19. The number of hydrogen-bond acceptors (Lipinski definition) is 6. The number of ketones is 1. The molecule has 0 bridgehead atoms. The van der Waals surface area contributed by atoms with E-state index < -0.39 is 17.1 Å². The fourth-order valence-corrected chi connectivity index (χ4v) is 1.18. The summed E-state index contributed by atoms with van der Waals surface area (Å²) in [7, 11) is 1.20. The predicted octanol–water partition coefficient (Wildman–Crippen LogP) is 1.78. The van der Waals surface area contributed by atoms with E-state index in [0.717, 1.165) is 6.08 Å². The van der Waals surface area contributed by atoms with Crippen LogP contribution in [0.1, 0.15) is 37.0 Å². The zero-order chi connectivity index (χ0) is 14.6. The van der Waals surface area contributed by atoms with Crippen LogP contribution in [0.5, 0.6) is 0 Å². The number of methoxy groups -OCH3 is 1. The fraction of sp³-hybridized carbons (Fsp3) is 0.385. The number of ether oxygens (including phenoxy) is 1. The number of rotatable bonds is 3. The van der Waals surface area contributed by atoms with Crippen LogP contribution in [-0.2, 0) is 9.53 Å². The summed E-state index contributed by atoms with van der Waals surface area (Å²) in [5, 5.41) is 9.91. The van der Waals surface area contributed by atoms with E-state index in [-0.39, 0.29) is 17.2 Å². The van der Waals surface area contributed by atoms with Crippen LogP contribution in [-0.4, -0.2) is 33.9 Å². The molecule has 0 aromatic carbocycles. The molecule has 0 fully saturated rings. The third-order valence-corrected chi connectivity index (χ3v) is 2.33. The molecule has 1 heterocycles. The Morgan fingerprint density at radius 2 is 1.74 bits per heavy atom. The van der Waals surface area contributed by atoms with Crippen molar-refractivity contribution in [1.29, 1.82) is 0 Å². The summed E-state index contributed by atoms with van der Waals surface area (Å²) in [5.74, 6) is -1.42. The van der Waals surface area contributed by atoms with Crippen molar-refractivity contribution in [2.24, 2.45) is 5.41 Å². The maximum Gasteiger partial charge on any atom is 0.359 e. The second kappa shape index (κ2) is 5.60. The molecule has 0 unspecified atom stereocenters. The van der Waals surface area contributed by atoms with Gasteiger partial charge in [-0.25, -0.2) is 14.8 Å². The minimum Gasteiger partial charge on any atom is -0.505 e. The van der Waals surface area contributed by atoms with Crippen molar-refractivity contribution in [3.63, 3.8) is 0 Å². The first-order chi connectivity index (χ1) is 8.77. The summed E-state index contributed by atoms with van der Waals surface area (Å²) in [5.41, 5.74) is -0.853. The van der Waals surface area contributed by atoms with Gasteiger partial charge in [-0.05, 0) is 0 Å². The van der Waals surface area contributed by atoms with E-state index in [1.165, 1.54) is 19.5 Å². The Balaban J connectivity index is 3.20. The number of aliphatic hydroxyl groups excluding tert-OH is 1. The molecule has 1 N–H and O–H groups in total. The lowest BCUT2D eigenvalue weighted by atomic mass is 9.90. The first-order valence-corrected chi connectivity index (χ1v) is 5.62. The Bertz CT molecular complexity index is 530. The Morgan fingerprint density at radius 1 is 1.21 bits per heavy atom. The van der Waals surface area contributed by atoms with E-state index in [9.17, 15) is 14.7 Å². The van der Waals surface area contributed by atoms with Crippen LogP contribution in [0.25, 0.3) is 5.76 Å². The molecular formula is C13H16N2O4. The Labute approximate surface area is 111 Å². The first kappa shape index (κ1) is 14.8. The van der Waals surface area contributed by atoms with Crippen LogP contribution < -0.4 is 0 Å². The smallest absolute Gasteiger partial charge is 0.359 e. The van der Waals surface area contributed by atoms with Gasteiger partial charge in [-0.3, -0.25) is 4.79 Å². The molecule has 0 spiro atoms. The number of esters is 1. The standard InChI is InChI=1S/C13H16N2O4/c1-13(2,3)9(17)7-8(16)10-11(12(18)19-4)15-6-5-14-10/h5-7,16H,1-4H3/b8-7-. The van der Waals surface area contributed by atoms with Crippen LogP contribution in [0.3, 0.4) is 0 Å². The highest BCUT2D eigenvalue weighted by molar-refractivity contribution is 6.00. The number of aromatic nitrogens is 2. The number of nitrogens with zero attached hydrogens (tertiary/aromatic N) is 2. The van der Waals surface area contributed by atoms with Gasteiger partial charge in [0.25, 0.3) is 0 Å². The second-order valence-electron chi connectivity index (χ2n) is 4.89. The summed E-state index contributed by atoms with van der Waals surface area (Å²) >= 11 is 0. The number of aliphatic hydroxyl groups is 1. The van der Waals surface area contributed by atoms with Crippen molar-refractivity contribution in [3.05, 3.63) is 29.9 Å². The molecular weight excluding hydrogens is 248 g/mol. The molecule has 0 aliphatic rings. The van der Waals surface area contributed by atoms with E-state index in [1.807, 2.05) is 0 Å². The minimum atomic E-state index is -0.730. The van der Waals surface area contributed by atoms with Gasteiger partial charge >= 0.3 is 5.97 Å². The minimum absolute atomic E-state index is 0.0769. The Hall–Kier alpha value is -2.24. The first-order valence-electron chi connectivity index (χ1n) is 5.62. The van der Waals surface area contributed by atoms with Gasteiger partial charge < -0.3 is 9.84 Å². The van der Waals surface area contributed by atoms with Crippen molar-refractivity contribution in [3.8, 4) is 0 Å². The van der Waals surface area contributed by atoms with E-state index in [4.69, 9.17) is 0 Å². The van der Waals surface area contributed by atoms with Crippen molar-refractivity contribution in [2.45, 2.75) is 20.8 Å². The van der Waals surface area contributed by atoms with Crippen LogP contribution in [0.15, 0.2) is 18.5 Å². The monoisotopic (exact) mass is 264 g/mol. The van der Waals surface area contributed by atoms with Crippen molar-refractivity contribution in [1.82, 2.24) is 9.97 Å². The maximum atomic E-state index is 11.8. The molecule has 0 saturated heterocycles. The third kappa shape index (κ3) is 3.61. The second-order valence-corrected chi connectivity index (χ2v) is 4.89. The van der Waals surface area contributed by atoms with Gasteiger partial charge in [0.05, 0.1) is 7.11 Å². The molecule has 0 aliphatic carbocycles. The average Bonchev–Trinajstić information content (AvgIpc) is 2.36. The average molecular weight is 264 g/mol. The highest BCUT2D eigenvalue weighted by Gasteiger charge is 2.23. The largest absolute Gasteiger partial charge is 0.505 e. The zero-order valence-corrected chi connectivity index (χ0v) is 11.3. The van der Waals surface area contributed by atoms with Gasteiger partial charge in [-0.2, -0.15) is 0 Å². The van der Waals surface area contributed by atoms with Crippen molar-refractivity contribution < 1.29 is 19.4 Å². The molecule has 6 heteroatoms. The van der Waals surface area contributed by atoms with Crippen LogP contribution in [0, 0.1) is 5.41 Å². The SMILES string of the molecule is COC(=O)c1nccnc1/C(O)=C/C(=O)C(C)(C)C. The summed E-state index contributed by atoms with van der Waals surface area (Å²) in [4.78, 5) is 30.9. The van der Waals surface area contributed by atoms with E-state index in [0.29, 0.717) is 0 Å². The molecule has 0 saturated carbocycles. The molecule has 0 amide bonds. The summed E-state index contributed by atoms with van der Waals surface area (Å²) in [6.45, 7) is 5.16. The van der Waals surface area contributed by atoms with E-state index in [2.05, 4.69) is 14.7 Å². The van der Waals surface area contributed by atoms with Crippen LogP contribution in [0.4, 0.5) is 0 Å². The summed E-state index contributed by atoms with van der Waals surface area (Å²) in [6, 6.07) is 0. The molecule has 0 atom stereocenters. The topological polar surface area (TPSA) is 89.4 Å². The number of allylic oxidation sites excluding steroid dienone is 1. The van der Waals surface area contributed by atoms with Crippen molar-refractivity contribution >= 4 is 17.5 Å². The van der Waals surface area contributed by atoms with Gasteiger partial charge in [0, 0.05) is 23.9 Å². The van der Waals surface area contributed by atoms with Crippen molar-refractivity contribution in [2.75, 3.05) is 7.11 Å². The molecule has 1 rings (SSSR count). The molecule has 0 radical (unpaired) electrons. The highest BCUT2D eigenvalue weighted by atomic mass is 16.5. The number of hydrogen-bond donors (Lipinski definition) is 1. The van der Waals surface area contributed by atoms with E-state index >= 15 is 0 Å². The predicted molar refractivity (Wildman–Crippen MR) is 68.4 cm³/mol. The maximum absolute atomic E-state index is 11.8. The fourth-order valence-electron chi connectivity index (χ4n) is 1.18. The molecule has 102 valence electrons. The number of carbonyl (C=O) groups excluding carboxylic acids is 2. The summed E-state index contributed by atoms with van der Waals surface area (Å²) in [6.07, 6.45) is 3.65. The van der Waals surface area contributed by atoms with Gasteiger partial charge in [-0.1, -0.05) is 20.8 Å². The number of carbonyl (C=O) groups is 2. The molecule has 19 heavy (non-hydrogen) atoms. The lowest BCUT2D eigenvalue weighted by Gasteiger charge is -2.13.